The Hall–Kier alpha value is -3.57. The van der Waals surface area contributed by atoms with Gasteiger partial charge in [-0.1, -0.05) is 0 Å². The van der Waals surface area contributed by atoms with Crippen LogP contribution in [-0.4, -0.2) is 23.9 Å². The molecule has 0 aromatic carbocycles. The van der Waals surface area contributed by atoms with Crippen LogP contribution < -0.4 is 0 Å². The molecule has 0 fully saturated rings. The molecule has 28 heavy (non-hydrogen) atoms. The molecule has 0 aliphatic rings. The van der Waals surface area contributed by atoms with Gasteiger partial charge in [0.15, 0.2) is 0 Å². The number of hydrogen-bond acceptors (Lipinski definition) is 12. The van der Waals surface area contributed by atoms with Gasteiger partial charge in [-0.2, -0.15) is 0 Å². The molecule has 0 aromatic heterocycles. The van der Waals surface area contributed by atoms with E-state index in [0.717, 1.165) is 0 Å². The summed E-state index contributed by atoms with van der Waals surface area (Å²) in [5.74, 6) is 0. The molecule has 0 spiro atoms. The van der Waals surface area contributed by atoms with Crippen LogP contribution in [0.25, 0.3) is 0 Å². The van der Waals surface area contributed by atoms with Gasteiger partial charge in [-0.05, 0) is 0 Å². The first-order valence-electron chi connectivity index (χ1n) is 3.04. The minimum atomic E-state index is 0. The number of nitrogens with zero attached hydrogens (tertiary/aromatic N) is 12. The third-order valence-corrected chi connectivity index (χ3v) is 0. The first-order chi connectivity index (χ1) is 13.4. The van der Waals surface area contributed by atoms with E-state index in [9.17, 15) is 0 Å². The summed E-state index contributed by atoms with van der Waals surface area (Å²) in [5.41, 5.74) is 0. The average Bonchev–Trinajstić information content (AvgIpc) is 2.89. The zero-order chi connectivity index (χ0) is 26.7. The van der Waals surface area contributed by atoms with Gasteiger partial charge in [-0.25, -0.2) is 0 Å². The van der Waals surface area contributed by atoms with E-state index in [2.05, 4.69) is 25.4 Å². The van der Waals surface area contributed by atoms with Crippen molar-refractivity contribution >= 4 is 23.9 Å². The molecule has 140 valence electrons. The topological polar surface area (TPSA) is 285 Å². The molecule has 0 saturated carbocycles. The molecule has 12 nitrogen and oxygen atoms in total. The van der Waals surface area contributed by atoms with E-state index < -0.39 is 0 Å². The standard InChI is InChI=1S/12CN.2Fe.Sn.Ti/c12*1-2;;;;/q12*-1;;;+4;. The quantitative estimate of drug-likeness (QED) is 0.279. The molecule has 0 aliphatic heterocycles. The second-order valence-corrected chi connectivity index (χ2v) is 4.38. The van der Waals surface area contributed by atoms with Gasteiger partial charge in [0.1, 0.15) is 0 Å². The second kappa shape index (κ2) is 1790. The van der Waals surface area contributed by atoms with Crippen LogP contribution in [0.4, 0.5) is 0 Å². The van der Waals surface area contributed by atoms with Gasteiger partial charge in [0.2, 0.25) is 0 Å². The van der Waals surface area contributed by atoms with E-state index in [1.54, 1.807) is 0 Å². The predicted molar refractivity (Wildman–Crippen MR) is 65.4 cm³/mol. The molecule has 0 amide bonds. The fourth-order valence-electron chi connectivity index (χ4n) is 0. The Labute approximate surface area is 203 Å². The van der Waals surface area contributed by atoms with Crippen molar-refractivity contribution in [3.8, 4) is 0 Å². The van der Waals surface area contributed by atoms with Crippen molar-refractivity contribution in [3.05, 3.63) is 78.9 Å². The number of hydrogen-bond donors (Lipinski definition) is 0. The van der Waals surface area contributed by atoms with Gasteiger partial charge in [0.05, 0.1) is 0 Å². The van der Waals surface area contributed by atoms with Crippen LogP contribution in [0.5, 0.6) is 0 Å². The van der Waals surface area contributed by atoms with Crippen molar-refractivity contribution in [2.75, 3.05) is 0 Å². The molecule has 0 radical (unpaired) electrons. The molecule has 0 bridgehead atoms. The summed E-state index contributed by atoms with van der Waals surface area (Å²) in [6.45, 7) is 57.0. The zero-order valence-electron chi connectivity index (χ0n) is 13.1. The third kappa shape index (κ3) is 809. The maximum absolute atomic E-state index is 6.25. The summed E-state index contributed by atoms with van der Waals surface area (Å²) in [5, 5.41) is 75.0. The molecular weight excluding hydrogens is 590 g/mol. The van der Waals surface area contributed by atoms with Crippen molar-refractivity contribution in [2.24, 2.45) is 0 Å². The maximum Gasteiger partial charge on any atom is 4.00 e. The summed E-state index contributed by atoms with van der Waals surface area (Å²) >= 11 is 7.00. The van der Waals surface area contributed by atoms with Gasteiger partial charge < -0.3 is 142 Å². The first-order valence-corrected chi connectivity index (χ1v) is 8.69. The van der Waals surface area contributed by atoms with E-state index >= 15 is 0 Å². The Kier molecular flexibility index (Phi) is 7870. The minimum Gasteiger partial charge on any atom is 4.00 e. The van der Waals surface area contributed by atoms with Crippen LogP contribution in [0.15, 0.2) is 0 Å². The summed E-state index contributed by atoms with van der Waals surface area (Å²) < 4.78 is 0. The van der Waals surface area contributed by atoms with Crippen molar-refractivity contribution in [2.45, 2.75) is 0 Å². The SMILES string of the molecule is [C-]#N.[C-]#N.[C-]#N.[C-]#N.[C-]#N.[C-]#N.[C-]#N.[C-]#N.[C-]#N.[C-]#N.[C-]#N.[C-]#N.[Fe]=[Ti]=[Fe].[Sn+4]. The largest absolute Gasteiger partial charge is 4.00 e. The fraction of sp³-hybridized carbons (Fsp3) is 0. The van der Waals surface area contributed by atoms with Gasteiger partial charge in [-0.3, -0.25) is 0 Å². The minimum absolute atomic E-state index is 0. The fourth-order valence-corrected chi connectivity index (χ4v) is 0. The van der Waals surface area contributed by atoms with Gasteiger partial charge in [0.25, 0.3) is 0 Å². The molecule has 0 N–H and O–H groups in total. The molecule has 0 heterocycles. The van der Waals surface area contributed by atoms with Crippen molar-refractivity contribution < 1.29 is 39.1 Å². The Morgan fingerprint density at radius 2 is 0.286 bits per heavy atom. The predicted octanol–water partition coefficient (Wildman–Crippen LogP) is 0.768. The maximum atomic E-state index is 6.25. The monoisotopic (exact) mass is 592 g/mol. The summed E-state index contributed by atoms with van der Waals surface area (Å²) in [4.78, 5) is 0. The van der Waals surface area contributed by atoms with E-state index in [-0.39, 0.29) is 37.7 Å². The van der Waals surface area contributed by atoms with Crippen molar-refractivity contribution in [1.29, 1.82) is 63.1 Å². The second-order valence-electron chi connectivity index (χ2n) is 0.0625. The van der Waals surface area contributed by atoms with Gasteiger partial charge >= 0.3 is 63.0 Å². The molecular formula is C12Fe2N12SnTi-8. The summed E-state index contributed by atoms with van der Waals surface area (Å²) in [6.07, 6.45) is 0. The van der Waals surface area contributed by atoms with Crippen LogP contribution in [0.3, 0.4) is 0 Å². The smallest absolute Gasteiger partial charge is 4.00 e. The van der Waals surface area contributed by atoms with E-state index in [0.29, 0.717) is 0 Å². The third-order valence-electron chi connectivity index (χ3n) is 0. The van der Waals surface area contributed by atoms with Crippen LogP contribution in [0, 0.1) is 142 Å². The molecule has 16 heteroatoms. The van der Waals surface area contributed by atoms with Crippen LogP contribution in [0.1, 0.15) is 0 Å². The van der Waals surface area contributed by atoms with Crippen molar-refractivity contribution in [3.63, 3.8) is 0 Å². The molecule has 0 aliphatic carbocycles. The zero-order valence-corrected chi connectivity index (χ0v) is 19.7. The summed E-state index contributed by atoms with van der Waals surface area (Å²) in [6, 6.07) is 0. The van der Waals surface area contributed by atoms with Crippen molar-refractivity contribution in [1.82, 2.24) is 0 Å². The summed E-state index contributed by atoms with van der Waals surface area (Å²) in [7, 11) is 0. The van der Waals surface area contributed by atoms with Crippen LogP contribution >= 0.6 is 0 Å². The van der Waals surface area contributed by atoms with Gasteiger partial charge in [-0.15, -0.1) is 0 Å². The average molecular weight is 590 g/mol. The van der Waals surface area contributed by atoms with Crippen LogP contribution in [0.2, 0.25) is 0 Å². The van der Waals surface area contributed by atoms with E-state index in [4.69, 9.17) is 142 Å². The van der Waals surface area contributed by atoms with Gasteiger partial charge in [0, 0.05) is 0 Å². The number of rotatable bonds is 0. The first kappa shape index (κ1) is 123. The van der Waals surface area contributed by atoms with E-state index in [1.165, 1.54) is 0 Å². The molecule has 0 aromatic rings. The van der Waals surface area contributed by atoms with Crippen LogP contribution in [-0.2, 0) is 39.1 Å². The molecule has 0 rings (SSSR count). The molecule has 0 saturated heterocycles. The molecule has 0 unspecified atom stereocenters. The Morgan fingerprint density at radius 1 is 0.286 bits per heavy atom. The van der Waals surface area contributed by atoms with E-state index in [1.807, 2.05) is 0 Å². The Bertz CT molecular complexity index is 303. The molecule has 0 atom stereocenters. The normalized spacial score (nSPS) is 1.21. The Morgan fingerprint density at radius 3 is 0.286 bits per heavy atom. The Balaban J connectivity index is -0.00000000632.